The molecule has 1 aromatic carbocycles. The van der Waals surface area contributed by atoms with Crippen molar-refractivity contribution >= 4 is 10.9 Å². The van der Waals surface area contributed by atoms with Crippen LogP contribution in [0.25, 0.3) is 10.9 Å². The summed E-state index contributed by atoms with van der Waals surface area (Å²) in [6.07, 6.45) is 5.73. The van der Waals surface area contributed by atoms with Crippen LogP contribution in [0.1, 0.15) is 24.5 Å². The lowest BCUT2D eigenvalue weighted by Gasteiger charge is -2.56. The number of hydrogen-bond donors (Lipinski definition) is 1. The molecule has 140 valence electrons. The maximum absolute atomic E-state index is 11.3. The van der Waals surface area contributed by atoms with E-state index in [0.29, 0.717) is 11.8 Å². The van der Waals surface area contributed by atoms with Crippen LogP contribution in [-0.2, 0) is 0 Å². The number of benzene rings is 1. The number of piperidine rings is 3. The van der Waals surface area contributed by atoms with E-state index in [-0.39, 0.29) is 30.0 Å². The number of likely N-dealkylation sites (N-methyl/N-ethyl adjacent to an activating group) is 1. The summed E-state index contributed by atoms with van der Waals surface area (Å²) in [6, 6.07) is 8.06. The molecule has 4 heterocycles. The fraction of sp³-hybridized carbons (Fsp3) is 0.476. The molecule has 0 aliphatic carbocycles. The van der Waals surface area contributed by atoms with Gasteiger partial charge in [-0.2, -0.15) is 0 Å². The fourth-order valence-corrected chi connectivity index (χ4v) is 5.03. The van der Waals surface area contributed by atoms with Crippen LogP contribution in [0.15, 0.2) is 43.1 Å². The molecule has 2 aromatic rings. The Morgan fingerprint density at radius 2 is 2.19 bits per heavy atom. The van der Waals surface area contributed by atoms with Gasteiger partial charge in [0.2, 0.25) is 0 Å². The van der Waals surface area contributed by atoms with E-state index in [1.807, 2.05) is 24.3 Å². The van der Waals surface area contributed by atoms with Gasteiger partial charge in [-0.25, -0.2) is 0 Å². The molecule has 4 nitrogen and oxygen atoms in total. The summed E-state index contributed by atoms with van der Waals surface area (Å²) in [5, 5.41) is 12.3. The number of halogens is 1. The molecule has 0 spiro atoms. The van der Waals surface area contributed by atoms with Crippen molar-refractivity contribution in [2.75, 3.05) is 27.2 Å². The predicted molar refractivity (Wildman–Crippen MR) is 99.4 cm³/mol. The van der Waals surface area contributed by atoms with Crippen molar-refractivity contribution in [1.82, 2.24) is 4.98 Å². The molecule has 3 unspecified atom stereocenters. The number of pyridine rings is 1. The van der Waals surface area contributed by atoms with Crippen LogP contribution in [0.4, 0.5) is 0 Å². The molecule has 1 N–H and O–H groups in total. The molecule has 5 heteroatoms. The zero-order valence-electron chi connectivity index (χ0n) is 15.4. The first-order valence-electron chi connectivity index (χ1n) is 9.13. The second-order valence-electron chi connectivity index (χ2n) is 7.87. The molecular formula is C21H27IN2O2. The average Bonchev–Trinajstić information content (AvgIpc) is 2.66. The molecule has 2 bridgehead atoms. The molecule has 3 aliphatic rings. The van der Waals surface area contributed by atoms with Crippen molar-refractivity contribution in [3.05, 3.63) is 48.7 Å². The summed E-state index contributed by atoms with van der Waals surface area (Å²) in [5.41, 5.74) is 1.87. The lowest BCUT2D eigenvalue weighted by molar-refractivity contribution is -0.956. The standard InChI is InChI=1S/C21H27N2O2.HI/c1-4-14-13-23(2)10-8-15(14)11-20(23)21(24)17-7-9-22-19-6-5-16(25-3)12-18(17)19;/h4-7,9,12,14-15,20-21,24H,1,8,10-11,13H2,2-3H3;1H/q+1;/p-1/t14?,15?,20-,21-,23?;/m0./s1. The third-order valence-electron chi connectivity index (χ3n) is 6.56. The topological polar surface area (TPSA) is 42.4 Å². The number of quaternary nitrogens is 1. The number of hydrogen-bond acceptors (Lipinski definition) is 3. The Labute approximate surface area is 172 Å². The summed E-state index contributed by atoms with van der Waals surface area (Å²) < 4.78 is 6.31. The van der Waals surface area contributed by atoms with Gasteiger partial charge in [-0.3, -0.25) is 4.98 Å². The first-order valence-corrected chi connectivity index (χ1v) is 9.13. The van der Waals surface area contributed by atoms with Crippen molar-refractivity contribution < 1.29 is 38.3 Å². The van der Waals surface area contributed by atoms with E-state index >= 15 is 0 Å². The highest BCUT2D eigenvalue weighted by molar-refractivity contribution is 5.83. The van der Waals surface area contributed by atoms with Crippen molar-refractivity contribution in [3.63, 3.8) is 0 Å². The number of aromatic nitrogens is 1. The Morgan fingerprint density at radius 3 is 2.88 bits per heavy atom. The van der Waals surface area contributed by atoms with Gasteiger partial charge in [0.25, 0.3) is 0 Å². The highest BCUT2D eigenvalue weighted by Crippen LogP contribution is 2.45. The van der Waals surface area contributed by atoms with Gasteiger partial charge in [0.1, 0.15) is 17.9 Å². The molecule has 26 heavy (non-hydrogen) atoms. The van der Waals surface area contributed by atoms with E-state index in [1.165, 1.54) is 6.42 Å². The van der Waals surface area contributed by atoms with Crippen molar-refractivity contribution in [2.24, 2.45) is 11.8 Å². The van der Waals surface area contributed by atoms with E-state index in [0.717, 1.165) is 46.2 Å². The normalized spacial score (nSPS) is 31.3. The van der Waals surface area contributed by atoms with E-state index in [2.05, 4.69) is 24.7 Å². The van der Waals surface area contributed by atoms with Crippen molar-refractivity contribution in [1.29, 1.82) is 0 Å². The second-order valence-corrected chi connectivity index (χ2v) is 7.87. The largest absolute Gasteiger partial charge is 1.00 e. The molecule has 5 atom stereocenters. The summed E-state index contributed by atoms with van der Waals surface area (Å²) in [7, 11) is 3.96. The van der Waals surface area contributed by atoms with Crippen LogP contribution in [0, 0.1) is 11.8 Å². The van der Waals surface area contributed by atoms with E-state index in [4.69, 9.17) is 4.74 Å². The Bertz CT molecular complexity index is 812. The number of ether oxygens (including phenoxy) is 1. The third kappa shape index (κ3) is 3.14. The van der Waals surface area contributed by atoms with Gasteiger partial charge >= 0.3 is 0 Å². The van der Waals surface area contributed by atoms with Crippen LogP contribution in [-0.4, -0.2) is 47.9 Å². The fourth-order valence-electron chi connectivity index (χ4n) is 5.03. The summed E-state index contributed by atoms with van der Waals surface area (Å²) in [5.74, 6) is 2.03. The lowest BCUT2D eigenvalue weighted by atomic mass is 9.72. The summed E-state index contributed by atoms with van der Waals surface area (Å²) in [6.45, 7) is 6.26. The van der Waals surface area contributed by atoms with Gasteiger partial charge in [0.15, 0.2) is 0 Å². The van der Waals surface area contributed by atoms with Gasteiger partial charge < -0.3 is 38.3 Å². The Hall–Kier alpha value is -1.18. The minimum absolute atomic E-state index is 0. The number of aliphatic hydroxyl groups excluding tert-OH is 1. The molecule has 5 rings (SSSR count). The first kappa shape index (κ1) is 19.6. The van der Waals surface area contributed by atoms with Crippen molar-refractivity contribution in [2.45, 2.75) is 25.0 Å². The Kier molecular flexibility index (Phi) is 5.61. The van der Waals surface area contributed by atoms with Crippen molar-refractivity contribution in [3.8, 4) is 5.75 Å². The zero-order valence-corrected chi connectivity index (χ0v) is 17.6. The molecule has 0 amide bonds. The van der Waals surface area contributed by atoms with Gasteiger partial charge in [0, 0.05) is 30.3 Å². The highest BCUT2D eigenvalue weighted by Gasteiger charge is 2.51. The molecule has 3 fully saturated rings. The number of rotatable bonds is 4. The molecule has 3 saturated heterocycles. The third-order valence-corrected chi connectivity index (χ3v) is 6.56. The lowest BCUT2D eigenvalue weighted by Crippen LogP contribution is -3.00. The first-order chi connectivity index (χ1) is 12.1. The average molecular weight is 466 g/mol. The minimum Gasteiger partial charge on any atom is -1.00 e. The number of aliphatic hydroxyl groups is 1. The van der Waals surface area contributed by atoms with Crippen LogP contribution >= 0.6 is 0 Å². The van der Waals surface area contributed by atoms with Gasteiger partial charge in [-0.1, -0.05) is 6.08 Å². The maximum atomic E-state index is 11.3. The quantitative estimate of drug-likeness (QED) is 0.401. The molecule has 0 radical (unpaired) electrons. The van der Waals surface area contributed by atoms with E-state index in [9.17, 15) is 5.11 Å². The van der Waals surface area contributed by atoms with Gasteiger partial charge in [0.05, 0.1) is 32.8 Å². The molecule has 1 aromatic heterocycles. The number of methoxy groups -OCH3 is 1. The number of fused-ring (bicyclic) bond motifs is 4. The Morgan fingerprint density at radius 1 is 1.38 bits per heavy atom. The monoisotopic (exact) mass is 466 g/mol. The van der Waals surface area contributed by atoms with E-state index in [1.54, 1.807) is 13.3 Å². The smallest absolute Gasteiger partial charge is 0.131 e. The maximum Gasteiger partial charge on any atom is 0.131 e. The van der Waals surface area contributed by atoms with Gasteiger partial charge in [-0.05, 0) is 35.7 Å². The summed E-state index contributed by atoms with van der Waals surface area (Å²) in [4.78, 5) is 4.45. The molecular weight excluding hydrogens is 439 g/mol. The SMILES string of the molecule is C=CC1C[N+]2(C)CCC1C[C@H]2[C@@H](O)c1ccnc2ccc(OC)cc12.[I-]. The predicted octanol–water partition coefficient (Wildman–Crippen LogP) is 0.322. The zero-order chi connectivity index (χ0) is 17.6. The van der Waals surface area contributed by atoms with Crippen LogP contribution in [0.3, 0.4) is 0 Å². The molecule has 3 aliphatic heterocycles. The minimum atomic E-state index is -0.490. The number of nitrogens with zero attached hydrogens (tertiary/aromatic N) is 2. The second kappa shape index (κ2) is 7.44. The van der Waals surface area contributed by atoms with E-state index < -0.39 is 6.10 Å². The van der Waals surface area contributed by atoms with Crippen LogP contribution < -0.4 is 28.7 Å². The van der Waals surface area contributed by atoms with Crippen LogP contribution in [0.2, 0.25) is 0 Å². The van der Waals surface area contributed by atoms with Gasteiger partial charge in [-0.15, -0.1) is 6.58 Å². The Balaban J connectivity index is 0.00000196. The highest BCUT2D eigenvalue weighted by atomic mass is 127. The van der Waals surface area contributed by atoms with Crippen LogP contribution in [0.5, 0.6) is 5.75 Å². The summed E-state index contributed by atoms with van der Waals surface area (Å²) >= 11 is 0. The molecule has 0 saturated carbocycles.